The summed E-state index contributed by atoms with van der Waals surface area (Å²) in [6, 6.07) is 3.67. The second kappa shape index (κ2) is 7.74. The smallest absolute Gasteiger partial charge is 0.329 e. The highest BCUT2D eigenvalue weighted by Crippen LogP contribution is 2.22. The minimum absolute atomic E-state index is 0.243. The van der Waals surface area contributed by atoms with E-state index in [1.807, 2.05) is 19.1 Å². The predicted molar refractivity (Wildman–Crippen MR) is 81.3 cm³/mol. The SMILES string of the molecule is CCOC(=O)C(NC1CCCCC1)c1ccc(Br)cn1. The summed E-state index contributed by atoms with van der Waals surface area (Å²) < 4.78 is 6.08. The number of halogens is 1. The van der Waals surface area contributed by atoms with Gasteiger partial charge in [-0.05, 0) is 47.8 Å². The molecule has 4 nitrogen and oxygen atoms in total. The zero-order chi connectivity index (χ0) is 14.4. The van der Waals surface area contributed by atoms with Crippen molar-refractivity contribution in [3.05, 3.63) is 28.5 Å². The molecule has 0 amide bonds. The van der Waals surface area contributed by atoms with Crippen molar-refractivity contribution >= 4 is 21.9 Å². The fourth-order valence-corrected chi connectivity index (χ4v) is 2.80. The number of ether oxygens (including phenoxy) is 1. The second-order valence-corrected chi connectivity index (χ2v) is 6.00. The molecular weight excluding hydrogens is 320 g/mol. The Kier molecular flexibility index (Phi) is 5.98. The van der Waals surface area contributed by atoms with Crippen molar-refractivity contribution in [2.45, 2.75) is 51.1 Å². The minimum Gasteiger partial charge on any atom is -0.465 e. The van der Waals surface area contributed by atoms with E-state index in [1.54, 1.807) is 6.20 Å². The zero-order valence-corrected chi connectivity index (χ0v) is 13.4. The van der Waals surface area contributed by atoms with Crippen LogP contribution in [0.2, 0.25) is 0 Å². The van der Waals surface area contributed by atoms with Crippen molar-refractivity contribution in [3.63, 3.8) is 0 Å². The average molecular weight is 341 g/mol. The van der Waals surface area contributed by atoms with E-state index in [2.05, 4.69) is 26.2 Å². The van der Waals surface area contributed by atoms with Crippen molar-refractivity contribution in [3.8, 4) is 0 Å². The quantitative estimate of drug-likeness (QED) is 0.835. The molecule has 0 aliphatic heterocycles. The maximum absolute atomic E-state index is 12.2. The van der Waals surface area contributed by atoms with Gasteiger partial charge in [-0.3, -0.25) is 10.3 Å². The normalized spacial score (nSPS) is 17.7. The first-order valence-electron chi connectivity index (χ1n) is 7.25. The molecule has 2 rings (SSSR count). The van der Waals surface area contributed by atoms with E-state index < -0.39 is 6.04 Å². The fourth-order valence-electron chi connectivity index (χ4n) is 2.56. The zero-order valence-electron chi connectivity index (χ0n) is 11.8. The van der Waals surface area contributed by atoms with Gasteiger partial charge in [0.25, 0.3) is 0 Å². The van der Waals surface area contributed by atoms with Crippen LogP contribution in [0.3, 0.4) is 0 Å². The molecule has 1 unspecified atom stereocenters. The standard InChI is InChI=1S/C15H21BrN2O2/c1-2-20-15(19)14(13-9-8-11(16)10-17-13)18-12-6-4-3-5-7-12/h8-10,12,14,18H,2-7H2,1H3. The molecule has 1 aliphatic rings. The van der Waals surface area contributed by atoms with E-state index in [-0.39, 0.29) is 5.97 Å². The van der Waals surface area contributed by atoms with Crippen molar-refractivity contribution in [1.82, 2.24) is 10.3 Å². The molecule has 1 aliphatic carbocycles. The number of hydrogen-bond acceptors (Lipinski definition) is 4. The Morgan fingerprint density at radius 3 is 2.80 bits per heavy atom. The second-order valence-electron chi connectivity index (χ2n) is 5.09. The van der Waals surface area contributed by atoms with Gasteiger partial charge in [0.2, 0.25) is 0 Å². The Balaban J connectivity index is 2.10. The Hall–Kier alpha value is -0.940. The fraction of sp³-hybridized carbons (Fsp3) is 0.600. The number of rotatable bonds is 5. The van der Waals surface area contributed by atoms with Gasteiger partial charge in [-0.1, -0.05) is 19.3 Å². The van der Waals surface area contributed by atoms with Gasteiger partial charge >= 0.3 is 5.97 Å². The van der Waals surface area contributed by atoms with E-state index in [4.69, 9.17) is 4.74 Å². The van der Waals surface area contributed by atoms with Crippen LogP contribution in [0.5, 0.6) is 0 Å². The number of carbonyl (C=O) groups excluding carboxylic acids is 1. The lowest BCUT2D eigenvalue weighted by atomic mass is 9.94. The van der Waals surface area contributed by atoms with Gasteiger partial charge in [0.15, 0.2) is 0 Å². The van der Waals surface area contributed by atoms with E-state index in [1.165, 1.54) is 19.3 Å². The monoisotopic (exact) mass is 340 g/mol. The minimum atomic E-state index is -0.467. The van der Waals surface area contributed by atoms with Crippen molar-refractivity contribution < 1.29 is 9.53 Å². The number of nitrogens with zero attached hydrogens (tertiary/aromatic N) is 1. The van der Waals surface area contributed by atoms with Gasteiger partial charge in [-0.25, -0.2) is 4.79 Å². The summed E-state index contributed by atoms with van der Waals surface area (Å²) in [4.78, 5) is 16.5. The first-order valence-corrected chi connectivity index (χ1v) is 8.04. The molecule has 1 saturated carbocycles. The lowest BCUT2D eigenvalue weighted by Crippen LogP contribution is -2.39. The van der Waals surface area contributed by atoms with Crippen LogP contribution in [0.25, 0.3) is 0 Å². The van der Waals surface area contributed by atoms with E-state index >= 15 is 0 Å². The molecule has 1 atom stereocenters. The summed E-state index contributed by atoms with van der Waals surface area (Å²) >= 11 is 3.36. The third-order valence-electron chi connectivity index (χ3n) is 3.58. The van der Waals surface area contributed by atoms with Crippen molar-refractivity contribution in [2.75, 3.05) is 6.61 Å². The molecule has 0 spiro atoms. The maximum Gasteiger partial charge on any atom is 0.329 e. The molecule has 1 heterocycles. The molecule has 1 aromatic heterocycles. The highest BCUT2D eigenvalue weighted by molar-refractivity contribution is 9.10. The molecule has 0 radical (unpaired) electrons. The van der Waals surface area contributed by atoms with Gasteiger partial charge in [0, 0.05) is 16.7 Å². The molecule has 0 saturated heterocycles. The Morgan fingerprint density at radius 2 is 2.20 bits per heavy atom. The molecule has 20 heavy (non-hydrogen) atoms. The maximum atomic E-state index is 12.2. The molecule has 1 fully saturated rings. The molecule has 0 bridgehead atoms. The van der Waals surface area contributed by atoms with Crippen LogP contribution < -0.4 is 5.32 Å². The summed E-state index contributed by atoms with van der Waals surface area (Å²) in [5.74, 6) is -0.243. The summed E-state index contributed by atoms with van der Waals surface area (Å²) in [5, 5.41) is 3.42. The third-order valence-corrected chi connectivity index (χ3v) is 4.04. The first kappa shape index (κ1) is 15.4. The predicted octanol–water partition coefficient (Wildman–Crippen LogP) is 3.37. The molecular formula is C15H21BrN2O2. The lowest BCUT2D eigenvalue weighted by Gasteiger charge is -2.27. The van der Waals surface area contributed by atoms with Crippen LogP contribution in [-0.4, -0.2) is 23.6 Å². The third kappa shape index (κ3) is 4.28. The lowest BCUT2D eigenvalue weighted by molar-refractivity contribution is -0.146. The van der Waals surface area contributed by atoms with Gasteiger partial charge in [-0.2, -0.15) is 0 Å². The largest absolute Gasteiger partial charge is 0.465 e. The topological polar surface area (TPSA) is 51.2 Å². The van der Waals surface area contributed by atoms with Crippen LogP contribution in [0, 0.1) is 0 Å². The summed E-state index contributed by atoms with van der Waals surface area (Å²) in [6.07, 6.45) is 7.68. The van der Waals surface area contributed by atoms with Crippen LogP contribution in [0.1, 0.15) is 50.8 Å². The summed E-state index contributed by atoms with van der Waals surface area (Å²) in [5.41, 5.74) is 0.720. The number of hydrogen-bond donors (Lipinski definition) is 1. The van der Waals surface area contributed by atoms with Crippen LogP contribution in [-0.2, 0) is 9.53 Å². The Morgan fingerprint density at radius 1 is 1.45 bits per heavy atom. The average Bonchev–Trinajstić information content (AvgIpc) is 2.47. The number of nitrogens with one attached hydrogen (secondary N) is 1. The van der Waals surface area contributed by atoms with E-state index in [0.29, 0.717) is 12.6 Å². The van der Waals surface area contributed by atoms with Crippen LogP contribution in [0.4, 0.5) is 0 Å². The summed E-state index contributed by atoms with van der Waals surface area (Å²) in [7, 11) is 0. The highest BCUT2D eigenvalue weighted by Gasteiger charge is 2.27. The first-order chi connectivity index (χ1) is 9.70. The Labute approximate surface area is 128 Å². The van der Waals surface area contributed by atoms with E-state index in [9.17, 15) is 4.79 Å². The van der Waals surface area contributed by atoms with Gasteiger partial charge in [0.05, 0.1) is 12.3 Å². The molecule has 0 aromatic carbocycles. The summed E-state index contributed by atoms with van der Waals surface area (Å²) in [6.45, 7) is 2.21. The Bertz CT molecular complexity index is 430. The van der Waals surface area contributed by atoms with Gasteiger partial charge in [-0.15, -0.1) is 0 Å². The van der Waals surface area contributed by atoms with Crippen molar-refractivity contribution in [1.29, 1.82) is 0 Å². The van der Waals surface area contributed by atoms with Gasteiger partial charge < -0.3 is 4.74 Å². The van der Waals surface area contributed by atoms with Gasteiger partial charge in [0.1, 0.15) is 6.04 Å². The van der Waals surface area contributed by atoms with Crippen LogP contribution in [0.15, 0.2) is 22.8 Å². The van der Waals surface area contributed by atoms with Crippen molar-refractivity contribution in [2.24, 2.45) is 0 Å². The molecule has 5 heteroatoms. The number of aromatic nitrogens is 1. The number of esters is 1. The molecule has 1 N–H and O–H groups in total. The molecule has 1 aromatic rings. The highest BCUT2D eigenvalue weighted by atomic mass is 79.9. The molecule has 110 valence electrons. The van der Waals surface area contributed by atoms with Crippen LogP contribution >= 0.6 is 15.9 Å². The number of carbonyl (C=O) groups is 1. The van der Waals surface area contributed by atoms with E-state index in [0.717, 1.165) is 23.0 Å². The number of pyridine rings is 1.